The predicted molar refractivity (Wildman–Crippen MR) is 62.2 cm³/mol. The predicted octanol–water partition coefficient (Wildman–Crippen LogP) is 1.47. The van der Waals surface area contributed by atoms with Crippen molar-refractivity contribution in [2.75, 3.05) is 5.32 Å². The van der Waals surface area contributed by atoms with E-state index in [2.05, 4.69) is 5.32 Å². The van der Waals surface area contributed by atoms with Crippen LogP contribution in [-0.2, 0) is 4.79 Å². The number of imide groups is 1. The van der Waals surface area contributed by atoms with E-state index in [4.69, 9.17) is 17.3 Å². The van der Waals surface area contributed by atoms with Crippen LogP contribution in [0.2, 0.25) is 5.02 Å². The molecule has 0 saturated carbocycles. The first-order chi connectivity index (χ1) is 7.90. The lowest BCUT2D eigenvalue weighted by atomic mass is 10.2. The van der Waals surface area contributed by atoms with Crippen LogP contribution in [0.4, 0.5) is 14.9 Å². The molecule has 0 heterocycles. The molecule has 0 radical (unpaired) electrons. The maximum absolute atomic E-state index is 13.3. The van der Waals surface area contributed by atoms with Crippen molar-refractivity contribution in [2.24, 2.45) is 5.73 Å². The molecule has 0 aromatic heterocycles. The van der Waals surface area contributed by atoms with Gasteiger partial charge < -0.3 is 11.1 Å². The summed E-state index contributed by atoms with van der Waals surface area (Å²) in [6, 6.07) is 2.11. The zero-order valence-electron chi connectivity index (χ0n) is 8.96. The quantitative estimate of drug-likeness (QED) is 0.769. The Kier molecular flexibility index (Phi) is 4.28. The van der Waals surface area contributed by atoms with Gasteiger partial charge in [0.05, 0.1) is 5.69 Å². The third-order valence-electron chi connectivity index (χ3n) is 1.94. The van der Waals surface area contributed by atoms with Crippen molar-refractivity contribution < 1.29 is 14.0 Å². The summed E-state index contributed by atoms with van der Waals surface area (Å²) in [6.07, 6.45) is 0. The number of carbonyl (C=O) groups is 2. The number of carbonyl (C=O) groups excluding carboxylic acids is 2. The minimum Gasteiger partial charge on any atom is -0.371 e. The fraction of sp³-hybridized carbons (Fsp3) is 0.200. The Labute approximate surface area is 102 Å². The topological polar surface area (TPSA) is 84.2 Å². The van der Waals surface area contributed by atoms with Crippen LogP contribution >= 0.6 is 11.6 Å². The fourth-order valence-electron chi connectivity index (χ4n) is 1.14. The molecule has 0 bridgehead atoms. The molecule has 4 N–H and O–H groups in total. The Morgan fingerprint density at radius 1 is 1.47 bits per heavy atom. The summed E-state index contributed by atoms with van der Waals surface area (Å²) in [4.78, 5) is 21.8. The highest BCUT2D eigenvalue weighted by atomic mass is 35.5. The number of nitrogens with one attached hydrogen (secondary N) is 2. The zero-order chi connectivity index (χ0) is 13.0. The average Bonchev–Trinajstić information content (AvgIpc) is 2.22. The van der Waals surface area contributed by atoms with E-state index >= 15 is 0 Å². The van der Waals surface area contributed by atoms with Gasteiger partial charge in [0.2, 0.25) is 5.91 Å². The van der Waals surface area contributed by atoms with E-state index in [0.29, 0.717) is 5.02 Å². The van der Waals surface area contributed by atoms with E-state index in [-0.39, 0.29) is 5.69 Å². The van der Waals surface area contributed by atoms with Crippen LogP contribution in [0.3, 0.4) is 0 Å². The maximum atomic E-state index is 13.3. The van der Waals surface area contributed by atoms with Crippen LogP contribution < -0.4 is 16.4 Å². The number of rotatable bonds is 3. The van der Waals surface area contributed by atoms with Gasteiger partial charge in [-0.2, -0.15) is 0 Å². The summed E-state index contributed by atoms with van der Waals surface area (Å²) in [7, 11) is 0. The summed E-state index contributed by atoms with van der Waals surface area (Å²) in [5.74, 6) is -1.20. The van der Waals surface area contributed by atoms with Crippen LogP contribution in [0, 0.1) is 5.82 Å². The van der Waals surface area contributed by atoms with Crippen LogP contribution in [0.15, 0.2) is 18.2 Å². The third kappa shape index (κ3) is 3.92. The van der Waals surface area contributed by atoms with Crippen molar-refractivity contribution in [1.29, 1.82) is 0 Å². The van der Waals surface area contributed by atoms with E-state index in [9.17, 15) is 14.0 Å². The molecule has 3 amide bonds. The highest BCUT2D eigenvalue weighted by molar-refractivity contribution is 6.30. The first kappa shape index (κ1) is 13.2. The molecule has 0 fully saturated rings. The van der Waals surface area contributed by atoms with Crippen LogP contribution in [0.1, 0.15) is 6.92 Å². The molecule has 1 aromatic carbocycles. The third-order valence-corrected chi connectivity index (χ3v) is 2.18. The normalized spacial score (nSPS) is 11.7. The highest BCUT2D eigenvalue weighted by Crippen LogP contribution is 2.20. The number of urea groups is 1. The highest BCUT2D eigenvalue weighted by Gasteiger charge is 2.15. The Balaban J connectivity index is 2.73. The van der Waals surface area contributed by atoms with Gasteiger partial charge in [0.1, 0.15) is 11.9 Å². The first-order valence-electron chi connectivity index (χ1n) is 4.72. The van der Waals surface area contributed by atoms with Crippen molar-refractivity contribution in [2.45, 2.75) is 13.0 Å². The van der Waals surface area contributed by atoms with E-state index in [1.54, 1.807) is 0 Å². The Bertz CT molecular complexity index is 453. The summed E-state index contributed by atoms with van der Waals surface area (Å²) in [5, 5.41) is 4.79. The zero-order valence-corrected chi connectivity index (χ0v) is 9.72. The molecular weight excluding hydrogens is 249 g/mol. The van der Waals surface area contributed by atoms with Gasteiger partial charge in [0, 0.05) is 5.02 Å². The summed E-state index contributed by atoms with van der Waals surface area (Å²) >= 11 is 5.68. The van der Waals surface area contributed by atoms with Crippen LogP contribution in [-0.4, -0.2) is 18.0 Å². The Morgan fingerprint density at radius 3 is 2.71 bits per heavy atom. The monoisotopic (exact) mass is 259 g/mol. The van der Waals surface area contributed by atoms with Crippen LogP contribution in [0.25, 0.3) is 0 Å². The Hall–Kier alpha value is -1.82. The SMILES string of the molecule is CC(Nc1cc(Cl)ccc1F)C(=O)NC(N)=O. The van der Waals surface area contributed by atoms with Gasteiger partial charge in [-0.3, -0.25) is 10.1 Å². The largest absolute Gasteiger partial charge is 0.371 e. The minimum absolute atomic E-state index is 0.0737. The molecule has 17 heavy (non-hydrogen) atoms. The molecule has 0 spiro atoms. The molecule has 0 aliphatic heterocycles. The summed E-state index contributed by atoms with van der Waals surface area (Å²) in [6.45, 7) is 1.46. The number of anilines is 1. The lowest BCUT2D eigenvalue weighted by Gasteiger charge is -2.14. The van der Waals surface area contributed by atoms with E-state index < -0.39 is 23.8 Å². The summed E-state index contributed by atoms with van der Waals surface area (Å²) in [5.41, 5.74) is 4.86. The van der Waals surface area contributed by atoms with E-state index in [1.807, 2.05) is 5.32 Å². The summed E-state index contributed by atoms with van der Waals surface area (Å²) < 4.78 is 13.3. The second kappa shape index (κ2) is 5.49. The fourth-order valence-corrected chi connectivity index (χ4v) is 1.31. The van der Waals surface area contributed by atoms with Crippen molar-refractivity contribution in [3.05, 3.63) is 29.0 Å². The van der Waals surface area contributed by atoms with Crippen molar-refractivity contribution in [1.82, 2.24) is 5.32 Å². The molecule has 7 heteroatoms. The first-order valence-corrected chi connectivity index (χ1v) is 5.10. The van der Waals surface area contributed by atoms with E-state index in [0.717, 1.165) is 0 Å². The van der Waals surface area contributed by atoms with Crippen molar-refractivity contribution in [3.63, 3.8) is 0 Å². The second-order valence-electron chi connectivity index (χ2n) is 3.34. The number of hydrogen-bond acceptors (Lipinski definition) is 3. The standard InChI is InChI=1S/C10H11ClFN3O2/c1-5(9(16)15-10(13)17)14-8-4-6(11)2-3-7(8)12/h2-5,14H,1H3,(H3,13,15,16,17). The number of hydrogen-bond donors (Lipinski definition) is 3. The molecule has 1 atom stereocenters. The molecule has 0 aliphatic rings. The smallest absolute Gasteiger partial charge is 0.318 e. The lowest BCUT2D eigenvalue weighted by molar-refractivity contribution is -0.120. The number of nitrogens with two attached hydrogens (primary N) is 1. The van der Waals surface area contributed by atoms with Crippen molar-refractivity contribution >= 4 is 29.2 Å². The minimum atomic E-state index is -0.963. The molecule has 1 unspecified atom stereocenters. The molecule has 0 aliphatic carbocycles. The second-order valence-corrected chi connectivity index (χ2v) is 3.78. The van der Waals surface area contributed by atoms with Gasteiger partial charge in [-0.25, -0.2) is 9.18 Å². The van der Waals surface area contributed by atoms with Gasteiger partial charge in [-0.1, -0.05) is 11.6 Å². The van der Waals surface area contributed by atoms with Gasteiger partial charge in [-0.15, -0.1) is 0 Å². The van der Waals surface area contributed by atoms with Gasteiger partial charge in [0.15, 0.2) is 0 Å². The molecule has 92 valence electrons. The lowest BCUT2D eigenvalue weighted by Crippen LogP contribution is -2.43. The van der Waals surface area contributed by atoms with Crippen molar-refractivity contribution in [3.8, 4) is 0 Å². The molecular formula is C10H11ClFN3O2. The molecule has 5 nitrogen and oxygen atoms in total. The van der Waals surface area contributed by atoms with E-state index in [1.165, 1.54) is 25.1 Å². The number of primary amides is 1. The Morgan fingerprint density at radius 2 is 2.12 bits per heavy atom. The van der Waals surface area contributed by atoms with Gasteiger partial charge >= 0.3 is 6.03 Å². The number of halogens is 2. The number of amides is 3. The maximum Gasteiger partial charge on any atom is 0.318 e. The molecule has 1 aromatic rings. The van der Waals surface area contributed by atoms with Gasteiger partial charge in [-0.05, 0) is 25.1 Å². The number of benzene rings is 1. The van der Waals surface area contributed by atoms with Gasteiger partial charge in [0.25, 0.3) is 0 Å². The molecule has 0 saturated heterocycles. The average molecular weight is 260 g/mol. The molecule has 1 rings (SSSR count). The van der Waals surface area contributed by atoms with Crippen LogP contribution in [0.5, 0.6) is 0 Å².